The number of carbonyl (C=O) groups excluding carboxylic acids is 1. The Kier molecular flexibility index (Phi) is 4.18. The molecule has 0 saturated heterocycles. The summed E-state index contributed by atoms with van der Waals surface area (Å²) in [4.78, 5) is 15.6. The minimum absolute atomic E-state index is 0.286. The molecule has 0 atom stereocenters. The molecule has 0 fully saturated rings. The summed E-state index contributed by atoms with van der Waals surface area (Å²) >= 11 is 0. The third-order valence-corrected chi connectivity index (χ3v) is 2.62. The molecular formula is C14H12F2N2O. The smallest absolute Gasteiger partial charge is 0.254 e. The first-order chi connectivity index (χ1) is 9.18. The van der Waals surface area contributed by atoms with Crippen molar-refractivity contribution >= 4 is 5.91 Å². The van der Waals surface area contributed by atoms with Crippen LogP contribution in [-0.4, -0.2) is 17.4 Å². The van der Waals surface area contributed by atoms with Gasteiger partial charge in [-0.1, -0.05) is 12.1 Å². The summed E-state index contributed by atoms with van der Waals surface area (Å²) in [7, 11) is 0. The monoisotopic (exact) mass is 262 g/mol. The molecule has 0 unspecified atom stereocenters. The van der Waals surface area contributed by atoms with Gasteiger partial charge < -0.3 is 5.32 Å². The molecule has 1 amide bonds. The predicted octanol–water partition coefficient (Wildman–Crippen LogP) is 2.33. The molecule has 2 rings (SSSR count). The number of benzene rings is 1. The number of pyridine rings is 1. The molecule has 98 valence electrons. The number of carbonyl (C=O) groups is 1. The van der Waals surface area contributed by atoms with Gasteiger partial charge in [-0.25, -0.2) is 8.78 Å². The van der Waals surface area contributed by atoms with E-state index in [1.165, 1.54) is 12.1 Å². The Morgan fingerprint density at radius 3 is 2.79 bits per heavy atom. The first-order valence-corrected chi connectivity index (χ1v) is 5.79. The van der Waals surface area contributed by atoms with Gasteiger partial charge in [0.25, 0.3) is 5.91 Å². The Morgan fingerprint density at radius 2 is 2.05 bits per heavy atom. The van der Waals surface area contributed by atoms with E-state index >= 15 is 0 Å². The molecule has 0 spiro atoms. The second-order valence-corrected chi connectivity index (χ2v) is 3.97. The van der Waals surface area contributed by atoms with Crippen molar-refractivity contribution in [3.05, 3.63) is 65.5 Å². The molecule has 5 heteroatoms. The number of aromatic nitrogens is 1. The van der Waals surface area contributed by atoms with Crippen molar-refractivity contribution in [3.8, 4) is 0 Å². The topological polar surface area (TPSA) is 42.0 Å². The number of rotatable bonds is 4. The van der Waals surface area contributed by atoms with Crippen molar-refractivity contribution < 1.29 is 13.6 Å². The van der Waals surface area contributed by atoms with Gasteiger partial charge in [-0.2, -0.15) is 0 Å². The molecule has 1 N–H and O–H groups in total. The lowest BCUT2D eigenvalue weighted by Crippen LogP contribution is -2.26. The average Bonchev–Trinajstić information content (AvgIpc) is 2.43. The van der Waals surface area contributed by atoms with E-state index in [0.29, 0.717) is 13.0 Å². The highest BCUT2D eigenvalue weighted by Gasteiger charge is 2.14. The third kappa shape index (κ3) is 3.34. The molecule has 1 heterocycles. The van der Waals surface area contributed by atoms with Crippen LogP contribution in [0.5, 0.6) is 0 Å². The normalized spacial score (nSPS) is 10.2. The van der Waals surface area contributed by atoms with Gasteiger partial charge in [-0.15, -0.1) is 0 Å². The predicted molar refractivity (Wildman–Crippen MR) is 66.6 cm³/mol. The lowest BCUT2D eigenvalue weighted by Gasteiger charge is -2.06. The van der Waals surface area contributed by atoms with Gasteiger partial charge in [0.15, 0.2) is 11.6 Å². The lowest BCUT2D eigenvalue weighted by atomic mass is 10.1. The van der Waals surface area contributed by atoms with E-state index in [1.807, 2.05) is 6.07 Å². The summed E-state index contributed by atoms with van der Waals surface area (Å²) in [6.07, 6.45) is 3.93. The van der Waals surface area contributed by atoms with Crippen molar-refractivity contribution in [2.75, 3.05) is 6.54 Å². The van der Waals surface area contributed by atoms with E-state index in [0.717, 1.165) is 11.6 Å². The molecule has 2 aromatic rings. The van der Waals surface area contributed by atoms with Gasteiger partial charge >= 0.3 is 0 Å². The highest BCUT2D eigenvalue weighted by molar-refractivity contribution is 5.94. The first-order valence-electron chi connectivity index (χ1n) is 5.79. The van der Waals surface area contributed by atoms with E-state index in [-0.39, 0.29) is 5.56 Å². The van der Waals surface area contributed by atoms with Crippen LogP contribution in [0.2, 0.25) is 0 Å². The van der Waals surface area contributed by atoms with Crippen molar-refractivity contribution in [1.82, 2.24) is 10.3 Å². The quantitative estimate of drug-likeness (QED) is 0.918. The van der Waals surface area contributed by atoms with Crippen molar-refractivity contribution in [2.24, 2.45) is 0 Å². The van der Waals surface area contributed by atoms with E-state index in [4.69, 9.17) is 0 Å². The lowest BCUT2D eigenvalue weighted by molar-refractivity contribution is 0.0949. The Morgan fingerprint density at radius 1 is 1.21 bits per heavy atom. The van der Waals surface area contributed by atoms with Crippen LogP contribution in [0.1, 0.15) is 15.9 Å². The fourth-order valence-electron chi connectivity index (χ4n) is 1.64. The molecule has 0 aliphatic rings. The first kappa shape index (κ1) is 13.1. The SMILES string of the molecule is O=C(NCCc1cccnc1)c1cccc(F)c1F. The van der Waals surface area contributed by atoms with Crippen LogP contribution in [0.25, 0.3) is 0 Å². The molecule has 19 heavy (non-hydrogen) atoms. The Bertz CT molecular complexity index is 573. The second kappa shape index (κ2) is 6.04. The van der Waals surface area contributed by atoms with Crippen LogP contribution in [0.3, 0.4) is 0 Å². The molecule has 0 aliphatic heterocycles. The van der Waals surface area contributed by atoms with Gasteiger partial charge in [-0.3, -0.25) is 9.78 Å². The maximum absolute atomic E-state index is 13.4. The molecule has 1 aromatic carbocycles. The van der Waals surface area contributed by atoms with Crippen LogP contribution in [0.4, 0.5) is 8.78 Å². The summed E-state index contributed by atoms with van der Waals surface area (Å²) in [5.41, 5.74) is 0.675. The summed E-state index contributed by atoms with van der Waals surface area (Å²) in [6, 6.07) is 7.19. The second-order valence-electron chi connectivity index (χ2n) is 3.97. The Balaban J connectivity index is 1.93. The van der Waals surface area contributed by atoms with Crippen LogP contribution >= 0.6 is 0 Å². The highest BCUT2D eigenvalue weighted by Crippen LogP contribution is 2.10. The number of hydrogen-bond acceptors (Lipinski definition) is 2. The zero-order valence-electron chi connectivity index (χ0n) is 10.1. The minimum Gasteiger partial charge on any atom is -0.352 e. The van der Waals surface area contributed by atoms with E-state index in [9.17, 15) is 13.6 Å². The van der Waals surface area contributed by atoms with Crippen LogP contribution in [-0.2, 0) is 6.42 Å². The van der Waals surface area contributed by atoms with E-state index < -0.39 is 17.5 Å². The fraction of sp³-hybridized carbons (Fsp3) is 0.143. The molecule has 0 aliphatic carbocycles. The molecule has 3 nitrogen and oxygen atoms in total. The van der Waals surface area contributed by atoms with Gasteiger partial charge in [-0.05, 0) is 30.2 Å². The minimum atomic E-state index is -1.12. The third-order valence-electron chi connectivity index (χ3n) is 2.62. The average molecular weight is 262 g/mol. The van der Waals surface area contributed by atoms with Crippen molar-refractivity contribution in [2.45, 2.75) is 6.42 Å². The van der Waals surface area contributed by atoms with Crippen LogP contribution < -0.4 is 5.32 Å². The van der Waals surface area contributed by atoms with Crippen LogP contribution in [0.15, 0.2) is 42.7 Å². The highest BCUT2D eigenvalue weighted by atomic mass is 19.2. The number of hydrogen-bond donors (Lipinski definition) is 1. The zero-order chi connectivity index (χ0) is 13.7. The van der Waals surface area contributed by atoms with Gasteiger partial charge in [0.2, 0.25) is 0 Å². The van der Waals surface area contributed by atoms with E-state index in [2.05, 4.69) is 10.3 Å². The number of nitrogens with zero attached hydrogens (tertiary/aromatic N) is 1. The molecule has 0 radical (unpaired) electrons. The fourth-order valence-corrected chi connectivity index (χ4v) is 1.64. The van der Waals surface area contributed by atoms with Crippen molar-refractivity contribution in [1.29, 1.82) is 0 Å². The van der Waals surface area contributed by atoms with E-state index in [1.54, 1.807) is 18.5 Å². The summed E-state index contributed by atoms with van der Waals surface area (Å²) in [6.45, 7) is 0.334. The largest absolute Gasteiger partial charge is 0.352 e. The van der Waals surface area contributed by atoms with Gasteiger partial charge in [0.05, 0.1) is 5.56 Å². The number of halogens is 2. The number of amides is 1. The van der Waals surface area contributed by atoms with Crippen molar-refractivity contribution in [3.63, 3.8) is 0 Å². The molecule has 0 bridgehead atoms. The summed E-state index contributed by atoms with van der Waals surface area (Å²) in [5.74, 6) is -2.78. The molecular weight excluding hydrogens is 250 g/mol. The Hall–Kier alpha value is -2.30. The Labute approximate surface area is 109 Å². The number of nitrogens with one attached hydrogen (secondary N) is 1. The van der Waals surface area contributed by atoms with Crippen LogP contribution in [0, 0.1) is 11.6 Å². The van der Waals surface area contributed by atoms with Gasteiger partial charge in [0.1, 0.15) is 0 Å². The maximum atomic E-state index is 13.4. The standard InChI is InChI=1S/C14H12F2N2O/c15-12-5-1-4-11(13(12)16)14(19)18-8-6-10-3-2-7-17-9-10/h1-5,7,9H,6,8H2,(H,18,19). The zero-order valence-corrected chi connectivity index (χ0v) is 10.1. The summed E-state index contributed by atoms with van der Waals surface area (Å²) in [5, 5.41) is 2.54. The summed E-state index contributed by atoms with van der Waals surface area (Å²) < 4.78 is 26.3. The molecule has 1 aromatic heterocycles. The maximum Gasteiger partial charge on any atom is 0.254 e. The van der Waals surface area contributed by atoms with Gasteiger partial charge in [0, 0.05) is 18.9 Å². The molecule has 0 saturated carbocycles.